The highest BCUT2D eigenvalue weighted by Gasteiger charge is 2.19. The molecule has 0 radical (unpaired) electrons. The molecule has 41 heavy (non-hydrogen) atoms. The number of nitrogens with one attached hydrogen (secondary N) is 3. The second-order valence-corrected chi connectivity index (χ2v) is 11.5. The molecule has 0 bridgehead atoms. The Labute approximate surface area is 252 Å². The maximum absolute atomic E-state index is 13.4. The fraction of sp³-hybridized carbons (Fsp3) is 0.121. The number of benzene rings is 4. The summed E-state index contributed by atoms with van der Waals surface area (Å²) in [6.07, 6.45) is 2.26. The van der Waals surface area contributed by atoms with Crippen molar-refractivity contribution in [1.29, 1.82) is 0 Å². The third kappa shape index (κ3) is 8.93. The van der Waals surface area contributed by atoms with E-state index in [0.717, 1.165) is 26.2 Å². The van der Waals surface area contributed by atoms with Crippen LogP contribution in [0, 0.1) is 6.92 Å². The molecule has 0 saturated heterocycles. The topological polar surface area (TPSA) is 87.3 Å². The highest BCUT2D eigenvalue weighted by molar-refractivity contribution is 9.10. The fourth-order valence-corrected chi connectivity index (χ4v) is 5.14. The lowest BCUT2D eigenvalue weighted by Crippen LogP contribution is -2.30. The van der Waals surface area contributed by atoms with Crippen molar-refractivity contribution in [2.75, 3.05) is 10.6 Å². The van der Waals surface area contributed by atoms with Gasteiger partial charge in [-0.2, -0.15) is 0 Å². The SMILES string of the molecule is CCC(Sc1cccc(NC(=O)/C(=C/c2ccc(Br)cc2)NC(=O)c2ccccc2)c1)C(=O)Nc1ccc(C)cc1. The minimum absolute atomic E-state index is 0.0841. The van der Waals surface area contributed by atoms with E-state index in [1.165, 1.54) is 11.8 Å². The number of amides is 3. The Morgan fingerprint density at radius 1 is 0.829 bits per heavy atom. The molecule has 4 aromatic rings. The van der Waals surface area contributed by atoms with Crippen molar-refractivity contribution in [1.82, 2.24) is 5.32 Å². The van der Waals surface area contributed by atoms with Crippen LogP contribution in [0.3, 0.4) is 0 Å². The van der Waals surface area contributed by atoms with Crippen LogP contribution < -0.4 is 16.0 Å². The third-order valence-electron chi connectivity index (χ3n) is 6.06. The third-order valence-corrected chi connectivity index (χ3v) is 7.95. The molecule has 6 nitrogen and oxygen atoms in total. The van der Waals surface area contributed by atoms with Crippen LogP contribution in [0.25, 0.3) is 6.08 Å². The van der Waals surface area contributed by atoms with Crippen LogP contribution in [0.15, 0.2) is 118 Å². The van der Waals surface area contributed by atoms with E-state index in [1.807, 2.05) is 86.6 Å². The van der Waals surface area contributed by atoms with Crippen LogP contribution in [-0.2, 0) is 9.59 Å². The summed E-state index contributed by atoms with van der Waals surface area (Å²) in [6.45, 7) is 3.96. The first kappa shape index (κ1) is 29.8. The Kier molecular flexibility index (Phi) is 10.5. The highest BCUT2D eigenvalue weighted by atomic mass is 79.9. The lowest BCUT2D eigenvalue weighted by Gasteiger charge is -2.16. The minimum Gasteiger partial charge on any atom is -0.325 e. The Hall–Kier alpha value is -4.14. The summed E-state index contributed by atoms with van der Waals surface area (Å²) < 4.78 is 0.904. The summed E-state index contributed by atoms with van der Waals surface area (Å²) in [5.41, 5.74) is 3.71. The summed E-state index contributed by atoms with van der Waals surface area (Å²) in [5.74, 6) is -0.943. The molecule has 0 aliphatic carbocycles. The van der Waals surface area contributed by atoms with E-state index in [0.29, 0.717) is 17.7 Å². The second kappa shape index (κ2) is 14.5. The van der Waals surface area contributed by atoms with E-state index in [2.05, 4.69) is 31.9 Å². The van der Waals surface area contributed by atoms with E-state index in [4.69, 9.17) is 0 Å². The maximum Gasteiger partial charge on any atom is 0.272 e. The first-order chi connectivity index (χ1) is 19.8. The normalized spacial score (nSPS) is 11.8. The van der Waals surface area contributed by atoms with Gasteiger partial charge in [0.1, 0.15) is 5.70 Å². The molecule has 4 aromatic carbocycles. The van der Waals surface area contributed by atoms with Gasteiger partial charge in [-0.25, -0.2) is 0 Å². The van der Waals surface area contributed by atoms with Gasteiger partial charge in [0, 0.05) is 26.3 Å². The van der Waals surface area contributed by atoms with Crippen molar-refractivity contribution in [3.63, 3.8) is 0 Å². The molecule has 0 spiro atoms. The molecule has 0 aromatic heterocycles. The average molecular weight is 629 g/mol. The highest BCUT2D eigenvalue weighted by Crippen LogP contribution is 2.29. The van der Waals surface area contributed by atoms with E-state index in [1.54, 1.807) is 36.4 Å². The van der Waals surface area contributed by atoms with Crippen molar-refractivity contribution in [3.05, 3.63) is 130 Å². The molecule has 3 N–H and O–H groups in total. The van der Waals surface area contributed by atoms with Crippen molar-refractivity contribution in [3.8, 4) is 0 Å². The Balaban J connectivity index is 1.49. The number of carbonyl (C=O) groups is 3. The Morgan fingerprint density at radius 3 is 2.22 bits per heavy atom. The molecule has 3 amide bonds. The van der Waals surface area contributed by atoms with Crippen molar-refractivity contribution >= 4 is 62.9 Å². The van der Waals surface area contributed by atoms with Crippen LogP contribution in [0.4, 0.5) is 11.4 Å². The molecule has 8 heteroatoms. The number of anilines is 2. The molecule has 0 aliphatic rings. The molecular formula is C33H30BrN3O3S. The van der Waals surface area contributed by atoms with Gasteiger partial charge in [-0.1, -0.05) is 76.9 Å². The van der Waals surface area contributed by atoms with Gasteiger partial charge >= 0.3 is 0 Å². The summed E-state index contributed by atoms with van der Waals surface area (Å²) in [4.78, 5) is 40.1. The van der Waals surface area contributed by atoms with Crippen molar-refractivity contribution in [2.24, 2.45) is 0 Å². The van der Waals surface area contributed by atoms with Crippen LogP contribution in [0.5, 0.6) is 0 Å². The number of thioether (sulfide) groups is 1. The van der Waals surface area contributed by atoms with Gasteiger partial charge in [-0.15, -0.1) is 11.8 Å². The van der Waals surface area contributed by atoms with Crippen molar-refractivity contribution in [2.45, 2.75) is 30.4 Å². The van der Waals surface area contributed by atoms with Gasteiger partial charge in [0.15, 0.2) is 0 Å². The first-order valence-electron chi connectivity index (χ1n) is 13.1. The molecule has 208 valence electrons. The molecule has 0 saturated carbocycles. The van der Waals surface area contributed by atoms with E-state index in [-0.39, 0.29) is 16.9 Å². The van der Waals surface area contributed by atoms with Crippen LogP contribution in [0.2, 0.25) is 0 Å². The number of halogens is 1. The quantitative estimate of drug-likeness (QED) is 0.124. The zero-order valence-electron chi connectivity index (χ0n) is 22.7. The largest absolute Gasteiger partial charge is 0.325 e. The monoisotopic (exact) mass is 627 g/mol. The van der Waals surface area contributed by atoms with Crippen LogP contribution in [-0.4, -0.2) is 23.0 Å². The van der Waals surface area contributed by atoms with Gasteiger partial charge in [0.2, 0.25) is 5.91 Å². The summed E-state index contributed by atoms with van der Waals surface area (Å²) in [6, 6.07) is 31.1. The molecule has 1 unspecified atom stereocenters. The van der Waals surface area contributed by atoms with Gasteiger partial charge in [-0.05, 0) is 79.6 Å². The van der Waals surface area contributed by atoms with Crippen LogP contribution >= 0.6 is 27.7 Å². The zero-order valence-corrected chi connectivity index (χ0v) is 25.1. The second-order valence-electron chi connectivity index (χ2n) is 9.28. The standard InChI is InChI=1S/C33H30BrN3O3S/c1-3-30(33(40)35-26-18-12-22(2)13-19-26)41-28-11-7-10-27(21-28)36-32(39)29(20-23-14-16-25(34)17-15-23)37-31(38)24-8-5-4-6-9-24/h4-21,30H,3H2,1-2H3,(H,35,40)(H,36,39)(H,37,38)/b29-20-. The molecule has 0 fully saturated rings. The molecule has 1 atom stereocenters. The van der Waals surface area contributed by atoms with Gasteiger partial charge < -0.3 is 16.0 Å². The van der Waals surface area contributed by atoms with Gasteiger partial charge in [0.25, 0.3) is 11.8 Å². The predicted molar refractivity (Wildman–Crippen MR) is 171 cm³/mol. The summed E-state index contributed by atoms with van der Waals surface area (Å²) >= 11 is 4.84. The smallest absolute Gasteiger partial charge is 0.272 e. The number of aryl methyl sites for hydroxylation is 1. The molecule has 0 heterocycles. The maximum atomic E-state index is 13.4. The lowest BCUT2D eigenvalue weighted by molar-refractivity contribution is -0.116. The Bertz CT molecular complexity index is 1540. The van der Waals surface area contributed by atoms with Gasteiger partial charge in [-0.3, -0.25) is 14.4 Å². The predicted octanol–water partition coefficient (Wildman–Crippen LogP) is 7.68. The number of rotatable bonds is 10. The summed E-state index contributed by atoms with van der Waals surface area (Å²) in [5, 5.41) is 8.31. The molecular weight excluding hydrogens is 598 g/mol. The first-order valence-corrected chi connectivity index (χ1v) is 14.8. The van der Waals surface area contributed by atoms with E-state index >= 15 is 0 Å². The minimum atomic E-state index is -0.469. The van der Waals surface area contributed by atoms with Crippen LogP contribution in [0.1, 0.15) is 34.8 Å². The fourth-order valence-electron chi connectivity index (χ4n) is 3.86. The van der Waals surface area contributed by atoms with E-state index in [9.17, 15) is 14.4 Å². The number of hydrogen-bond donors (Lipinski definition) is 3. The Morgan fingerprint density at radius 2 is 1.54 bits per heavy atom. The number of hydrogen-bond acceptors (Lipinski definition) is 4. The zero-order chi connectivity index (χ0) is 29.2. The van der Waals surface area contributed by atoms with Crippen molar-refractivity contribution < 1.29 is 14.4 Å². The van der Waals surface area contributed by atoms with E-state index < -0.39 is 11.8 Å². The molecule has 0 aliphatic heterocycles. The molecule has 4 rings (SSSR count). The summed E-state index contributed by atoms with van der Waals surface area (Å²) in [7, 11) is 0. The van der Waals surface area contributed by atoms with Gasteiger partial charge in [0.05, 0.1) is 5.25 Å². The number of carbonyl (C=O) groups excluding carboxylic acids is 3. The average Bonchev–Trinajstić information content (AvgIpc) is 2.98. The lowest BCUT2D eigenvalue weighted by atomic mass is 10.1.